The molecular formula is C9H10N4S. The molecule has 0 saturated carbocycles. The van der Waals surface area contributed by atoms with Crippen LogP contribution in [0.25, 0.3) is 0 Å². The van der Waals surface area contributed by atoms with Crippen molar-refractivity contribution < 1.29 is 0 Å². The number of hydrogen-bond donors (Lipinski definition) is 1. The average Bonchev–Trinajstić information content (AvgIpc) is 2.63. The standard InChI is InChI=1S/C9H10N4S/c1-7-4-12-9(14-7)5-11-8-2-3-10-6-13-8/h2-4,6H,5H2,1H3,(H,10,11,13). The van der Waals surface area contributed by atoms with Crippen LogP contribution in [0.2, 0.25) is 0 Å². The number of anilines is 1. The topological polar surface area (TPSA) is 50.7 Å². The second kappa shape index (κ2) is 4.15. The molecular weight excluding hydrogens is 196 g/mol. The van der Waals surface area contributed by atoms with Crippen LogP contribution in [0.3, 0.4) is 0 Å². The molecule has 0 saturated heterocycles. The molecule has 2 aromatic rings. The number of nitrogens with one attached hydrogen (secondary N) is 1. The number of aryl methyl sites for hydroxylation is 1. The SMILES string of the molecule is Cc1cnc(CNc2ccncn2)s1. The normalized spacial score (nSPS) is 10.1. The van der Waals surface area contributed by atoms with Gasteiger partial charge in [-0.15, -0.1) is 11.3 Å². The fraction of sp³-hybridized carbons (Fsp3) is 0.222. The molecule has 5 heteroatoms. The first-order chi connectivity index (χ1) is 6.84. The highest BCUT2D eigenvalue weighted by molar-refractivity contribution is 7.11. The maximum atomic E-state index is 4.24. The van der Waals surface area contributed by atoms with E-state index < -0.39 is 0 Å². The monoisotopic (exact) mass is 206 g/mol. The fourth-order valence-electron chi connectivity index (χ4n) is 1.04. The minimum absolute atomic E-state index is 0.718. The fourth-order valence-corrected chi connectivity index (χ4v) is 1.77. The van der Waals surface area contributed by atoms with Crippen molar-refractivity contribution in [3.05, 3.63) is 34.7 Å². The third kappa shape index (κ3) is 2.26. The molecule has 0 aliphatic rings. The molecule has 0 spiro atoms. The van der Waals surface area contributed by atoms with Crippen LogP contribution in [0, 0.1) is 6.92 Å². The Labute approximate surface area is 86.1 Å². The summed E-state index contributed by atoms with van der Waals surface area (Å²) in [6.45, 7) is 2.77. The molecule has 4 nitrogen and oxygen atoms in total. The zero-order chi connectivity index (χ0) is 9.80. The van der Waals surface area contributed by atoms with Crippen LogP contribution in [0.15, 0.2) is 24.8 Å². The summed E-state index contributed by atoms with van der Waals surface area (Å²) in [5.41, 5.74) is 0. The van der Waals surface area contributed by atoms with Crippen LogP contribution in [0.5, 0.6) is 0 Å². The van der Waals surface area contributed by atoms with Gasteiger partial charge >= 0.3 is 0 Å². The first-order valence-electron chi connectivity index (χ1n) is 4.26. The summed E-state index contributed by atoms with van der Waals surface area (Å²) >= 11 is 1.69. The van der Waals surface area contributed by atoms with E-state index in [0.29, 0.717) is 0 Å². The maximum absolute atomic E-state index is 4.24. The Morgan fingerprint density at radius 1 is 1.43 bits per heavy atom. The van der Waals surface area contributed by atoms with Crippen LogP contribution >= 0.6 is 11.3 Å². The molecule has 0 radical (unpaired) electrons. The number of aromatic nitrogens is 3. The molecule has 0 fully saturated rings. The molecule has 1 N–H and O–H groups in total. The molecule has 0 aliphatic heterocycles. The third-order valence-electron chi connectivity index (χ3n) is 1.67. The molecule has 2 heterocycles. The van der Waals surface area contributed by atoms with E-state index in [-0.39, 0.29) is 0 Å². The molecule has 0 aromatic carbocycles. The predicted octanol–water partition coefficient (Wildman–Crippen LogP) is 1.85. The molecule has 0 bridgehead atoms. The number of thiazole rings is 1. The van der Waals surface area contributed by atoms with Crippen molar-refractivity contribution in [2.24, 2.45) is 0 Å². The second-order valence-corrected chi connectivity index (χ2v) is 4.13. The molecule has 0 aliphatic carbocycles. The Balaban J connectivity index is 1.95. The van der Waals surface area contributed by atoms with E-state index >= 15 is 0 Å². The Hall–Kier alpha value is -1.49. The van der Waals surface area contributed by atoms with E-state index in [1.54, 1.807) is 17.5 Å². The van der Waals surface area contributed by atoms with Gasteiger partial charge in [0.15, 0.2) is 0 Å². The summed E-state index contributed by atoms with van der Waals surface area (Å²) in [5, 5.41) is 4.24. The summed E-state index contributed by atoms with van der Waals surface area (Å²) in [7, 11) is 0. The van der Waals surface area contributed by atoms with E-state index in [4.69, 9.17) is 0 Å². The van der Waals surface area contributed by atoms with E-state index in [1.165, 1.54) is 11.2 Å². The highest BCUT2D eigenvalue weighted by Crippen LogP contribution is 2.12. The minimum atomic E-state index is 0.718. The molecule has 14 heavy (non-hydrogen) atoms. The van der Waals surface area contributed by atoms with Gasteiger partial charge < -0.3 is 5.32 Å². The lowest BCUT2D eigenvalue weighted by Gasteiger charge is -2.00. The van der Waals surface area contributed by atoms with E-state index in [9.17, 15) is 0 Å². The van der Waals surface area contributed by atoms with E-state index in [0.717, 1.165) is 17.4 Å². The van der Waals surface area contributed by atoms with Crippen LogP contribution in [0.1, 0.15) is 9.88 Å². The van der Waals surface area contributed by atoms with Gasteiger partial charge in [-0.1, -0.05) is 0 Å². The van der Waals surface area contributed by atoms with Crippen LogP contribution < -0.4 is 5.32 Å². The van der Waals surface area contributed by atoms with Crippen molar-refractivity contribution in [1.82, 2.24) is 15.0 Å². The van der Waals surface area contributed by atoms with Crippen molar-refractivity contribution in [1.29, 1.82) is 0 Å². The van der Waals surface area contributed by atoms with E-state index in [1.807, 2.05) is 19.2 Å². The van der Waals surface area contributed by atoms with Crippen molar-refractivity contribution in [3.63, 3.8) is 0 Å². The number of hydrogen-bond acceptors (Lipinski definition) is 5. The summed E-state index contributed by atoms with van der Waals surface area (Å²) in [5.74, 6) is 0.827. The Morgan fingerprint density at radius 2 is 2.36 bits per heavy atom. The first-order valence-corrected chi connectivity index (χ1v) is 5.07. The van der Waals surface area contributed by atoms with Gasteiger partial charge in [-0.3, -0.25) is 0 Å². The minimum Gasteiger partial charge on any atom is -0.363 e. The molecule has 0 atom stereocenters. The lowest BCUT2D eigenvalue weighted by Crippen LogP contribution is -2.00. The quantitative estimate of drug-likeness (QED) is 0.832. The highest BCUT2D eigenvalue weighted by atomic mass is 32.1. The predicted molar refractivity (Wildman–Crippen MR) is 56.2 cm³/mol. The Bertz CT molecular complexity index is 398. The van der Waals surface area contributed by atoms with Crippen molar-refractivity contribution in [2.75, 3.05) is 5.32 Å². The largest absolute Gasteiger partial charge is 0.363 e. The van der Waals surface area contributed by atoms with Gasteiger partial charge in [0.25, 0.3) is 0 Å². The summed E-state index contributed by atoms with van der Waals surface area (Å²) in [6, 6.07) is 1.83. The Morgan fingerprint density at radius 3 is 3.00 bits per heavy atom. The molecule has 2 rings (SSSR count). The zero-order valence-corrected chi connectivity index (χ0v) is 8.58. The van der Waals surface area contributed by atoms with Gasteiger partial charge in [0.2, 0.25) is 0 Å². The molecule has 2 aromatic heterocycles. The molecule has 0 unspecified atom stereocenters. The van der Waals surface area contributed by atoms with Gasteiger partial charge in [0, 0.05) is 17.3 Å². The van der Waals surface area contributed by atoms with Crippen molar-refractivity contribution >= 4 is 17.2 Å². The maximum Gasteiger partial charge on any atom is 0.129 e. The second-order valence-electron chi connectivity index (χ2n) is 2.81. The van der Waals surface area contributed by atoms with Gasteiger partial charge in [-0.25, -0.2) is 15.0 Å². The summed E-state index contributed by atoms with van der Waals surface area (Å²) in [4.78, 5) is 13.4. The summed E-state index contributed by atoms with van der Waals surface area (Å²) in [6.07, 6.45) is 5.11. The van der Waals surface area contributed by atoms with Crippen molar-refractivity contribution in [2.45, 2.75) is 13.5 Å². The van der Waals surface area contributed by atoms with Crippen LogP contribution in [-0.2, 0) is 6.54 Å². The third-order valence-corrected chi connectivity index (χ3v) is 2.58. The van der Waals surface area contributed by atoms with Gasteiger partial charge in [-0.2, -0.15) is 0 Å². The lowest BCUT2D eigenvalue weighted by atomic mass is 10.5. The van der Waals surface area contributed by atoms with Gasteiger partial charge in [0.1, 0.15) is 17.2 Å². The van der Waals surface area contributed by atoms with Crippen LogP contribution in [0.4, 0.5) is 5.82 Å². The smallest absolute Gasteiger partial charge is 0.129 e. The highest BCUT2D eigenvalue weighted by Gasteiger charge is 1.98. The zero-order valence-electron chi connectivity index (χ0n) is 7.77. The molecule has 72 valence electrons. The first kappa shape index (κ1) is 9.08. The lowest BCUT2D eigenvalue weighted by molar-refractivity contribution is 1.06. The van der Waals surface area contributed by atoms with Crippen LogP contribution in [-0.4, -0.2) is 15.0 Å². The average molecular weight is 206 g/mol. The van der Waals surface area contributed by atoms with Crippen molar-refractivity contribution in [3.8, 4) is 0 Å². The molecule has 0 amide bonds. The van der Waals surface area contributed by atoms with E-state index in [2.05, 4.69) is 20.3 Å². The Kier molecular flexibility index (Phi) is 2.69. The number of nitrogens with zero attached hydrogens (tertiary/aromatic N) is 3. The number of rotatable bonds is 3. The van der Waals surface area contributed by atoms with Gasteiger partial charge in [-0.05, 0) is 13.0 Å². The van der Waals surface area contributed by atoms with Gasteiger partial charge in [0.05, 0.1) is 6.54 Å². The summed E-state index contributed by atoms with van der Waals surface area (Å²) < 4.78 is 0.